The predicted molar refractivity (Wildman–Crippen MR) is 80.2 cm³/mol. The minimum absolute atomic E-state index is 0.658. The van der Waals surface area contributed by atoms with Crippen LogP contribution in [-0.2, 0) is 23.8 Å². The van der Waals surface area contributed by atoms with E-state index >= 15 is 0 Å². The fourth-order valence-corrected chi connectivity index (χ4v) is 2.49. The minimum Gasteiger partial charge on any atom is -0.312 e. The van der Waals surface area contributed by atoms with Crippen molar-refractivity contribution in [2.24, 2.45) is 5.92 Å². The molecule has 0 aliphatic heterocycles. The number of hydrogen-bond donors (Lipinski definition) is 1. The first-order valence-corrected chi connectivity index (χ1v) is 8.24. The SMILES string of the molecule is CCS(=O)CCNCc1ccc(CC(C)C)cc1. The number of hydrogen-bond acceptors (Lipinski definition) is 2. The average Bonchev–Trinajstić information content (AvgIpc) is 2.35. The molecule has 0 aliphatic rings. The van der Waals surface area contributed by atoms with Crippen LogP contribution in [0, 0.1) is 5.92 Å². The lowest BCUT2D eigenvalue weighted by atomic mass is 10.0. The normalized spacial score (nSPS) is 12.9. The average molecular weight is 267 g/mol. The van der Waals surface area contributed by atoms with Gasteiger partial charge < -0.3 is 5.32 Å². The molecule has 1 aromatic rings. The summed E-state index contributed by atoms with van der Waals surface area (Å²) in [5, 5.41) is 3.33. The van der Waals surface area contributed by atoms with Gasteiger partial charge in [0, 0.05) is 35.4 Å². The van der Waals surface area contributed by atoms with Gasteiger partial charge in [-0.15, -0.1) is 0 Å². The lowest BCUT2D eigenvalue weighted by Gasteiger charge is -2.07. The van der Waals surface area contributed by atoms with Crippen LogP contribution in [-0.4, -0.2) is 22.3 Å². The van der Waals surface area contributed by atoms with Gasteiger partial charge in [-0.2, -0.15) is 0 Å². The molecule has 1 N–H and O–H groups in total. The summed E-state index contributed by atoms with van der Waals surface area (Å²) in [6.07, 6.45) is 1.14. The van der Waals surface area contributed by atoms with E-state index in [1.54, 1.807) is 0 Å². The van der Waals surface area contributed by atoms with E-state index < -0.39 is 10.8 Å². The van der Waals surface area contributed by atoms with Crippen LogP contribution in [0.2, 0.25) is 0 Å². The molecular weight excluding hydrogens is 242 g/mol. The Hall–Kier alpha value is -0.670. The fourth-order valence-electron chi connectivity index (χ4n) is 1.83. The van der Waals surface area contributed by atoms with Crippen molar-refractivity contribution in [2.45, 2.75) is 33.7 Å². The highest BCUT2D eigenvalue weighted by Crippen LogP contribution is 2.09. The zero-order valence-corrected chi connectivity index (χ0v) is 12.6. The third kappa shape index (κ3) is 6.31. The smallest absolute Gasteiger partial charge is 0.0360 e. The summed E-state index contributed by atoms with van der Waals surface area (Å²) >= 11 is 0. The van der Waals surface area contributed by atoms with Crippen LogP contribution in [0.5, 0.6) is 0 Å². The van der Waals surface area contributed by atoms with Gasteiger partial charge in [-0.3, -0.25) is 4.21 Å². The van der Waals surface area contributed by atoms with Crippen LogP contribution >= 0.6 is 0 Å². The molecule has 1 unspecified atom stereocenters. The topological polar surface area (TPSA) is 29.1 Å². The Morgan fingerprint density at radius 1 is 1.17 bits per heavy atom. The Bertz CT molecular complexity index is 359. The van der Waals surface area contributed by atoms with Crippen molar-refractivity contribution >= 4 is 10.8 Å². The highest BCUT2D eigenvalue weighted by molar-refractivity contribution is 7.84. The van der Waals surface area contributed by atoms with Crippen molar-refractivity contribution in [3.05, 3.63) is 35.4 Å². The van der Waals surface area contributed by atoms with Gasteiger partial charge in [-0.05, 0) is 23.5 Å². The third-order valence-electron chi connectivity index (χ3n) is 2.82. The predicted octanol–water partition coefficient (Wildman–Crippen LogP) is 2.74. The van der Waals surface area contributed by atoms with E-state index in [9.17, 15) is 4.21 Å². The monoisotopic (exact) mass is 267 g/mol. The maximum atomic E-state index is 11.2. The first-order chi connectivity index (χ1) is 8.61. The third-order valence-corrected chi connectivity index (χ3v) is 4.13. The Balaban J connectivity index is 2.28. The van der Waals surface area contributed by atoms with Gasteiger partial charge in [0.05, 0.1) is 0 Å². The van der Waals surface area contributed by atoms with Crippen LogP contribution in [0.25, 0.3) is 0 Å². The zero-order chi connectivity index (χ0) is 13.4. The van der Waals surface area contributed by atoms with Crippen LogP contribution in [0.15, 0.2) is 24.3 Å². The zero-order valence-electron chi connectivity index (χ0n) is 11.7. The maximum absolute atomic E-state index is 11.2. The maximum Gasteiger partial charge on any atom is 0.0360 e. The second-order valence-corrected chi connectivity index (χ2v) is 6.89. The molecule has 0 saturated heterocycles. The minimum atomic E-state index is -0.658. The van der Waals surface area contributed by atoms with E-state index in [0.29, 0.717) is 5.92 Å². The van der Waals surface area contributed by atoms with E-state index in [-0.39, 0.29) is 0 Å². The quantitative estimate of drug-likeness (QED) is 0.734. The molecule has 1 rings (SSSR count). The summed E-state index contributed by atoms with van der Waals surface area (Å²) in [6.45, 7) is 8.13. The fraction of sp³-hybridized carbons (Fsp3) is 0.600. The van der Waals surface area contributed by atoms with Gasteiger partial charge in [0.15, 0.2) is 0 Å². The Morgan fingerprint density at radius 2 is 1.78 bits per heavy atom. The Morgan fingerprint density at radius 3 is 2.33 bits per heavy atom. The van der Waals surface area contributed by atoms with Gasteiger partial charge in [0.25, 0.3) is 0 Å². The Kier molecular flexibility index (Phi) is 7.21. The highest BCUT2D eigenvalue weighted by Gasteiger charge is 1.99. The molecule has 2 nitrogen and oxygen atoms in total. The summed E-state index contributed by atoms with van der Waals surface area (Å²) in [4.78, 5) is 0. The molecule has 0 fully saturated rings. The molecule has 0 saturated carbocycles. The van der Waals surface area contributed by atoms with E-state index in [1.807, 2.05) is 6.92 Å². The van der Waals surface area contributed by atoms with E-state index in [0.717, 1.165) is 31.0 Å². The summed E-state index contributed by atoms with van der Waals surface area (Å²) < 4.78 is 11.2. The standard InChI is InChI=1S/C15H25NOS/c1-4-18(17)10-9-16-12-15-7-5-14(6-8-15)11-13(2)3/h5-8,13,16H,4,9-12H2,1-3H3. The van der Waals surface area contributed by atoms with E-state index in [1.165, 1.54) is 11.1 Å². The van der Waals surface area contributed by atoms with Crippen molar-refractivity contribution in [1.29, 1.82) is 0 Å². The van der Waals surface area contributed by atoms with E-state index in [2.05, 4.69) is 43.4 Å². The van der Waals surface area contributed by atoms with Crippen LogP contribution < -0.4 is 5.32 Å². The number of rotatable bonds is 8. The van der Waals surface area contributed by atoms with Crippen LogP contribution in [0.1, 0.15) is 31.9 Å². The van der Waals surface area contributed by atoms with Crippen LogP contribution in [0.4, 0.5) is 0 Å². The number of benzene rings is 1. The van der Waals surface area contributed by atoms with Gasteiger partial charge in [-0.1, -0.05) is 45.0 Å². The molecule has 102 valence electrons. The van der Waals surface area contributed by atoms with Crippen molar-refractivity contribution in [1.82, 2.24) is 5.32 Å². The first kappa shape index (κ1) is 15.4. The molecule has 0 amide bonds. The molecule has 0 spiro atoms. The summed E-state index contributed by atoms with van der Waals surface area (Å²) in [6, 6.07) is 8.78. The Labute approximate surface area is 114 Å². The molecule has 0 heterocycles. The number of nitrogens with one attached hydrogen (secondary N) is 1. The second-order valence-electron chi connectivity index (χ2n) is 5.02. The molecule has 0 aliphatic carbocycles. The summed E-state index contributed by atoms with van der Waals surface area (Å²) in [5.74, 6) is 2.21. The van der Waals surface area contributed by atoms with Crippen LogP contribution in [0.3, 0.4) is 0 Å². The van der Waals surface area contributed by atoms with Crippen molar-refractivity contribution in [3.63, 3.8) is 0 Å². The van der Waals surface area contributed by atoms with Crippen molar-refractivity contribution in [2.75, 3.05) is 18.1 Å². The van der Waals surface area contributed by atoms with Gasteiger partial charge in [-0.25, -0.2) is 0 Å². The van der Waals surface area contributed by atoms with Gasteiger partial charge >= 0.3 is 0 Å². The summed E-state index contributed by atoms with van der Waals surface area (Å²) in [7, 11) is -0.658. The largest absolute Gasteiger partial charge is 0.312 e. The lowest BCUT2D eigenvalue weighted by Crippen LogP contribution is -2.20. The molecule has 0 aromatic heterocycles. The molecule has 1 atom stereocenters. The second kappa shape index (κ2) is 8.44. The van der Waals surface area contributed by atoms with E-state index in [4.69, 9.17) is 0 Å². The van der Waals surface area contributed by atoms with Crippen molar-refractivity contribution < 1.29 is 4.21 Å². The van der Waals surface area contributed by atoms with Crippen molar-refractivity contribution in [3.8, 4) is 0 Å². The molecule has 0 radical (unpaired) electrons. The molecule has 3 heteroatoms. The molecular formula is C15H25NOS. The molecule has 0 bridgehead atoms. The van der Waals surface area contributed by atoms with Gasteiger partial charge in [0.2, 0.25) is 0 Å². The highest BCUT2D eigenvalue weighted by atomic mass is 32.2. The van der Waals surface area contributed by atoms with Gasteiger partial charge in [0.1, 0.15) is 0 Å². The first-order valence-electron chi connectivity index (χ1n) is 6.75. The summed E-state index contributed by atoms with van der Waals surface area (Å²) in [5.41, 5.74) is 2.70. The molecule has 1 aromatic carbocycles. The lowest BCUT2D eigenvalue weighted by molar-refractivity contribution is 0.646. The molecule has 18 heavy (non-hydrogen) atoms.